The summed E-state index contributed by atoms with van der Waals surface area (Å²) in [7, 11) is 0. The van der Waals surface area contributed by atoms with Gasteiger partial charge in [0.05, 0.1) is 6.10 Å². The summed E-state index contributed by atoms with van der Waals surface area (Å²) in [6.07, 6.45) is 1.61. The quantitative estimate of drug-likeness (QED) is 0.894. The van der Waals surface area contributed by atoms with Crippen LogP contribution in [0.3, 0.4) is 0 Å². The molecule has 98 valence electrons. The van der Waals surface area contributed by atoms with Gasteiger partial charge < -0.3 is 9.84 Å². The molecule has 0 unspecified atom stereocenters. The number of benzene rings is 2. The van der Waals surface area contributed by atoms with Crippen LogP contribution in [0.1, 0.15) is 30.9 Å². The Morgan fingerprint density at radius 2 is 1.89 bits per heavy atom. The van der Waals surface area contributed by atoms with Crippen molar-refractivity contribution in [1.29, 1.82) is 0 Å². The molecule has 3 rings (SSSR count). The molecule has 1 fully saturated rings. The van der Waals surface area contributed by atoms with E-state index in [0.717, 1.165) is 23.8 Å². The van der Waals surface area contributed by atoms with Crippen molar-refractivity contribution >= 4 is 16.7 Å². The zero-order valence-corrected chi connectivity index (χ0v) is 10.6. The summed E-state index contributed by atoms with van der Waals surface area (Å²) in [4.78, 5) is 11.1. The largest absolute Gasteiger partial charge is 0.479 e. The van der Waals surface area contributed by atoms with Gasteiger partial charge in [-0.25, -0.2) is 4.79 Å². The molecular formula is C16H16O3. The Labute approximate surface area is 111 Å². The lowest BCUT2D eigenvalue weighted by Crippen LogP contribution is -2.29. The number of carboxylic acid groups (broad SMARTS) is 1. The van der Waals surface area contributed by atoms with E-state index in [9.17, 15) is 4.79 Å². The average Bonchev–Trinajstić information content (AvgIpc) is 2.47. The first-order chi connectivity index (χ1) is 9.25. The summed E-state index contributed by atoms with van der Waals surface area (Å²) in [5.74, 6) is -0.857. The van der Waals surface area contributed by atoms with Crippen LogP contribution in [0.2, 0.25) is 0 Å². The van der Waals surface area contributed by atoms with Gasteiger partial charge >= 0.3 is 5.97 Å². The lowest BCUT2D eigenvalue weighted by Gasteiger charge is -2.28. The minimum absolute atomic E-state index is 0.110. The molecule has 0 amide bonds. The van der Waals surface area contributed by atoms with Crippen LogP contribution < -0.4 is 0 Å². The van der Waals surface area contributed by atoms with Gasteiger partial charge in [0.25, 0.3) is 0 Å². The van der Waals surface area contributed by atoms with Gasteiger partial charge in [-0.15, -0.1) is 0 Å². The fourth-order valence-corrected chi connectivity index (χ4v) is 2.76. The maximum atomic E-state index is 11.1. The number of hydrogen-bond acceptors (Lipinski definition) is 2. The molecular weight excluding hydrogens is 240 g/mol. The van der Waals surface area contributed by atoms with Gasteiger partial charge in [-0.2, -0.15) is 0 Å². The lowest BCUT2D eigenvalue weighted by molar-refractivity contribution is -0.159. The van der Waals surface area contributed by atoms with Gasteiger partial charge in [-0.1, -0.05) is 42.5 Å². The number of hydrogen-bond donors (Lipinski definition) is 1. The van der Waals surface area contributed by atoms with E-state index in [1.54, 1.807) is 0 Å². The summed E-state index contributed by atoms with van der Waals surface area (Å²) >= 11 is 0. The van der Waals surface area contributed by atoms with Crippen LogP contribution in [-0.4, -0.2) is 17.2 Å². The van der Waals surface area contributed by atoms with Crippen molar-refractivity contribution in [3.05, 3.63) is 48.0 Å². The monoisotopic (exact) mass is 256 g/mol. The molecule has 1 N–H and O–H groups in total. The first kappa shape index (κ1) is 12.2. The van der Waals surface area contributed by atoms with Crippen molar-refractivity contribution in [2.45, 2.75) is 31.5 Å². The number of carbonyl (C=O) groups is 1. The fourth-order valence-electron chi connectivity index (χ4n) is 2.76. The second kappa shape index (κ2) is 5.02. The van der Waals surface area contributed by atoms with Crippen LogP contribution >= 0.6 is 0 Å². The molecule has 0 aliphatic carbocycles. The topological polar surface area (TPSA) is 46.5 Å². The van der Waals surface area contributed by atoms with Crippen molar-refractivity contribution in [3.63, 3.8) is 0 Å². The molecule has 1 saturated heterocycles. The van der Waals surface area contributed by atoms with Gasteiger partial charge in [0.1, 0.15) is 0 Å². The highest BCUT2D eigenvalue weighted by atomic mass is 16.5. The predicted octanol–water partition coefficient (Wildman–Crippen LogP) is 3.53. The Hall–Kier alpha value is -1.87. The van der Waals surface area contributed by atoms with Crippen LogP contribution in [0.25, 0.3) is 10.8 Å². The summed E-state index contributed by atoms with van der Waals surface area (Å²) < 4.78 is 5.74. The van der Waals surface area contributed by atoms with E-state index in [2.05, 4.69) is 18.2 Å². The van der Waals surface area contributed by atoms with Crippen LogP contribution in [0.4, 0.5) is 0 Å². The first-order valence-electron chi connectivity index (χ1n) is 6.61. The number of carboxylic acids is 1. The third kappa shape index (κ3) is 2.34. The molecule has 0 radical (unpaired) electrons. The standard InChI is InChI=1S/C16H16O3/c17-16(18)15-10-4-9-14(19-15)13-8-3-6-11-5-1-2-7-12(11)13/h1-3,5-8,14-15H,4,9-10H2,(H,17,18)/t14-,15+/m0/s1. The molecule has 1 heterocycles. The summed E-state index contributed by atoms with van der Waals surface area (Å²) in [6.45, 7) is 0. The molecule has 19 heavy (non-hydrogen) atoms. The summed E-state index contributed by atoms with van der Waals surface area (Å²) in [5, 5.41) is 11.4. The van der Waals surface area contributed by atoms with Gasteiger partial charge in [0.2, 0.25) is 0 Å². The first-order valence-corrected chi connectivity index (χ1v) is 6.61. The molecule has 2 atom stereocenters. The maximum Gasteiger partial charge on any atom is 0.332 e. The van der Waals surface area contributed by atoms with E-state index in [1.807, 2.05) is 24.3 Å². The second-order valence-corrected chi connectivity index (χ2v) is 4.95. The van der Waals surface area contributed by atoms with E-state index in [1.165, 1.54) is 5.39 Å². The highest BCUT2D eigenvalue weighted by molar-refractivity contribution is 5.86. The molecule has 2 aromatic rings. The number of aliphatic carboxylic acids is 1. The Kier molecular flexibility index (Phi) is 3.22. The second-order valence-electron chi connectivity index (χ2n) is 4.95. The van der Waals surface area contributed by atoms with Crippen molar-refractivity contribution < 1.29 is 14.6 Å². The van der Waals surface area contributed by atoms with Gasteiger partial charge in [-0.05, 0) is 35.6 Å². The summed E-state index contributed by atoms with van der Waals surface area (Å²) in [5.41, 5.74) is 1.10. The number of fused-ring (bicyclic) bond motifs is 1. The van der Waals surface area contributed by atoms with Crippen LogP contribution in [-0.2, 0) is 9.53 Å². The SMILES string of the molecule is O=C(O)[C@H]1CCC[C@@H](c2cccc3ccccc23)O1. The van der Waals surface area contributed by atoms with Crippen molar-refractivity contribution in [2.75, 3.05) is 0 Å². The van der Waals surface area contributed by atoms with Crippen molar-refractivity contribution in [2.24, 2.45) is 0 Å². The number of ether oxygens (including phenoxy) is 1. The predicted molar refractivity (Wildman–Crippen MR) is 73.0 cm³/mol. The maximum absolute atomic E-state index is 11.1. The van der Waals surface area contributed by atoms with Crippen LogP contribution in [0, 0.1) is 0 Å². The zero-order valence-electron chi connectivity index (χ0n) is 10.6. The molecule has 3 heteroatoms. The molecule has 3 nitrogen and oxygen atoms in total. The summed E-state index contributed by atoms with van der Waals surface area (Å²) in [6, 6.07) is 14.3. The Morgan fingerprint density at radius 1 is 1.11 bits per heavy atom. The normalized spacial score (nSPS) is 23.4. The van der Waals surface area contributed by atoms with E-state index in [4.69, 9.17) is 9.84 Å². The van der Waals surface area contributed by atoms with Gasteiger partial charge in [-0.3, -0.25) is 0 Å². The highest BCUT2D eigenvalue weighted by Crippen LogP contribution is 2.35. The molecule has 1 aliphatic heterocycles. The molecule has 0 aromatic heterocycles. The average molecular weight is 256 g/mol. The van der Waals surface area contributed by atoms with E-state index in [0.29, 0.717) is 6.42 Å². The Morgan fingerprint density at radius 3 is 2.74 bits per heavy atom. The third-order valence-electron chi connectivity index (χ3n) is 3.71. The van der Waals surface area contributed by atoms with Crippen molar-refractivity contribution in [1.82, 2.24) is 0 Å². The smallest absolute Gasteiger partial charge is 0.332 e. The molecule has 0 spiro atoms. The van der Waals surface area contributed by atoms with Crippen molar-refractivity contribution in [3.8, 4) is 0 Å². The minimum Gasteiger partial charge on any atom is -0.479 e. The zero-order chi connectivity index (χ0) is 13.2. The Bertz CT molecular complexity index is 600. The van der Waals surface area contributed by atoms with Gasteiger partial charge in [0.15, 0.2) is 6.10 Å². The molecule has 0 saturated carbocycles. The van der Waals surface area contributed by atoms with Crippen LogP contribution in [0.5, 0.6) is 0 Å². The number of rotatable bonds is 2. The fraction of sp³-hybridized carbons (Fsp3) is 0.312. The Balaban J connectivity index is 1.97. The highest BCUT2D eigenvalue weighted by Gasteiger charge is 2.29. The minimum atomic E-state index is -0.857. The van der Waals surface area contributed by atoms with Gasteiger partial charge in [0, 0.05) is 0 Å². The lowest BCUT2D eigenvalue weighted by atomic mass is 9.94. The third-order valence-corrected chi connectivity index (χ3v) is 3.71. The van der Waals surface area contributed by atoms with E-state index >= 15 is 0 Å². The van der Waals surface area contributed by atoms with E-state index in [-0.39, 0.29) is 6.10 Å². The molecule has 0 bridgehead atoms. The molecule has 1 aliphatic rings. The van der Waals surface area contributed by atoms with E-state index < -0.39 is 12.1 Å². The van der Waals surface area contributed by atoms with Crippen LogP contribution in [0.15, 0.2) is 42.5 Å². The molecule has 2 aromatic carbocycles.